The topological polar surface area (TPSA) is 26.3 Å². The number of methoxy groups -OCH3 is 1. The molecule has 0 saturated carbocycles. The summed E-state index contributed by atoms with van der Waals surface area (Å²) < 4.78 is 5.52. The van der Waals surface area contributed by atoms with E-state index in [1.165, 1.54) is 7.11 Å². The summed E-state index contributed by atoms with van der Waals surface area (Å²) in [5.41, 5.74) is 1.84. The molecule has 0 amide bonds. The van der Waals surface area contributed by atoms with Crippen molar-refractivity contribution < 1.29 is 9.53 Å². The fourth-order valence-electron chi connectivity index (χ4n) is 4.78. The van der Waals surface area contributed by atoms with E-state index in [1.54, 1.807) is 0 Å². The van der Waals surface area contributed by atoms with E-state index in [0.717, 1.165) is 27.0 Å². The molecule has 0 radical (unpaired) electrons. The molecule has 4 aromatic carbocycles. The van der Waals surface area contributed by atoms with Gasteiger partial charge in [0.25, 0.3) is 0 Å². The molecule has 0 saturated heterocycles. The van der Waals surface area contributed by atoms with Crippen LogP contribution in [0.3, 0.4) is 0 Å². The number of carbonyl (C=O) groups is 1. The van der Waals surface area contributed by atoms with Crippen molar-refractivity contribution in [1.82, 2.24) is 0 Å². The van der Waals surface area contributed by atoms with Crippen molar-refractivity contribution in [2.45, 2.75) is 19.0 Å². The van der Waals surface area contributed by atoms with E-state index in [9.17, 15) is 4.79 Å². The fourth-order valence-corrected chi connectivity index (χ4v) is 13.1. The summed E-state index contributed by atoms with van der Waals surface area (Å²) in [6.07, 6.45) is 0.557. The quantitative estimate of drug-likeness (QED) is 0.224. The first-order valence-corrected chi connectivity index (χ1v) is 15.3. The van der Waals surface area contributed by atoms with Crippen LogP contribution in [0.25, 0.3) is 0 Å². The number of benzene rings is 4. The van der Waals surface area contributed by atoms with Gasteiger partial charge in [0.2, 0.25) is 0 Å². The van der Waals surface area contributed by atoms with Crippen LogP contribution in [-0.4, -0.2) is 18.7 Å². The Balaban J connectivity index is 2.14. The van der Waals surface area contributed by atoms with Gasteiger partial charge in [0.1, 0.15) is 0 Å². The molecule has 4 rings (SSSR count). The van der Waals surface area contributed by atoms with E-state index < -0.39 is 11.0 Å². The van der Waals surface area contributed by atoms with Crippen LogP contribution in [0.5, 0.6) is 0 Å². The molecule has 33 heavy (non-hydrogen) atoms. The van der Waals surface area contributed by atoms with Crippen LogP contribution < -0.4 is 15.9 Å². The van der Waals surface area contributed by atoms with E-state index in [0.29, 0.717) is 6.42 Å². The standard InChI is InChI=1S/C29H28BrO2P/c1-23-14-12-13-15-24(23)22-28(29(31)32-2)33(30,25-16-6-3-7-17-25,26-18-8-4-9-19-26)27-20-10-5-11-21-27/h3-21,28H,22H2,1-2H3. The SMILES string of the molecule is COC(=O)C(Cc1ccccc1C)P(Br)(c1ccccc1)(c1ccccc1)c1ccccc1. The predicted molar refractivity (Wildman–Crippen MR) is 145 cm³/mol. The number of hydrogen-bond acceptors (Lipinski definition) is 2. The molecular formula is C29H28BrO2P. The molecule has 0 aromatic heterocycles. The van der Waals surface area contributed by atoms with E-state index in [-0.39, 0.29) is 5.97 Å². The normalized spacial score (nSPS) is 13.5. The van der Waals surface area contributed by atoms with Gasteiger partial charge in [-0.15, -0.1) is 0 Å². The Morgan fingerprint density at radius 1 is 0.727 bits per heavy atom. The molecule has 1 atom stereocenters. The van der Waals surface area contributed by atoms with Crippen molar-refractivity contribution in [2.24, 2.45) is 0 Å². The Morgan fingerprint density at radius 3 is 1.52 bits per heavy atom. The molecule has 1 unspecified atom stereocenters. The third kappa shape index (κ3) is 3.94. The number of carbonyl (C=O) groups excluding carboxylic acids is 1. The summed E-state index contributed by atoms with van der Waals surface area (Å²) in [7, 11) is 1.49. The third-order valence-corrected chi connectivity index (χ3v) is 17.2. The molecular weight excluding hydrogens is 491 g/mol. The van der Waals surface area contributed by atoms with Crippen molar-refractivity contribution in [1.29, 1.82) is 0 Å². The number of ether oxygens (including phenoxy) is 1. The Morgan fingerprint density at radius 2 is 1.12 bits per heavy atom. The van der Waals surface area contributed by atoms with Crippen LogP contribution >= 0.6 is 20.8 Å². The summed E-state index contributed by atoms with van der Waals surface area (Å²) in [5, 5.41) is -0.228. The number of halogens is 1. The predicted octanol–water partition coefficient (Wildman–Crippen LogP) is 5.92. The summed E-state index contributed by atoms with van der Waals surface area (Å²) in [4.78, 5) is 13.8. The second-order valence-corrected chi connectivity index (χ2v) is 17.0. The zero-order valence-corrected chi connectivity index (χ0v) is 21.4. The van der Waals surface area contributed by atoms with E-state index >= 15 is 0 Å². The fraction of sp³-hybridized carbons (Fsp3) is 0.138. The van der Waals surface area contributed by atoms with Crippen LogP contribution in [0.1, 0.15) is 11.1 Å². The van der Waals surface area contributed by atoms with Gasteiger partial charge in [0, 0.05) is 0 Å². The summed E-state index contributed by atoms with van der Waals surface area (Å²) in [6.45, 7) is 2.10. The van der Waals surface area contributed by atoms with Gasteiger partial charge >= 0.3 is 205 Å². The molecule has 0 aliphatic rings. The van der Waals surface area contributed by atoms with Crippen LogP contribution in [0.2, 0.25) is 0 Å². The molecule has 0 bridgehead atoms. The molecule has 168 valence electrons. The zero-order valence-electron chi connectivity index (χ0n) is 18.9. The average Bonchev–Trinajstić information content (AvgIpc) is 2.89. The van der Waals surface area contributed by atoms with E-state index in [4.69, 9.17) is 4.74 Å². The molecule has 4 aromatic rings. The first-order valence-electron chi connectivity index (χ1n) is 11.0. The van der Waals surface area contributed by atoms with Gasteiger partial charge < -0.3 is 0 Å². The Hall–Kier alpha value is -2.74. The maximum absolute atomic E-state index is 13.8. The molecule has 2 nitrogen and oxygen atoms in total. The van der Waals surface area contributed by atoms with Gasteiger partial charge in [-0.25, -0.2) is 0 Å². The van der Waals surface area contributed by atoms with Gasteiger partial charge in [-0.2, -0.15) is 0 Å². The second-order valence-electron chi connectivity index (χ2n) is 8.25. The first-order chi connectivity index (χ1) is 16.0. The summed E-state index contributed by atoms with van der Waals surface area (Å²) in [6, 6.07) is 39.4. The van der Waals surface area contributed by atoms with E-state index in [1.807, 2.05) is 66.7 Å². The first kappa shape index (κ1) is 23.4. The summed E-state index contributed by atoms with van der Waals surface area (Å²) >= 11 is 4.44. The Kier molecular flexibility index (Phi) is 6.83. The molecule has 4 heteroatoms. The minimum absolute atomic E-state index is 0.218. The van der Waals surface area contributed by atoms with Crippen molar-refractivity contribution in [3.8, 4) is 0 Å². The molecule has 0 aliphatic heterocycles. The average molecular weight is 519 g/mol. The molecule has 0 spiro atoms. The monoisotopic (exact) mass is 518 g/mol. The number of esters is 1. The summed E-state index contributed by atoms with van der Waals surface area (Å²) in [5.74, 6) is -0.218. The van der Waals surface area contributed by atoms with Gasteiger partial charge in [-0.3, -0.25) is 0 Å². The third-order valence-electron chi connectivity index (χ3n) is 6.52. The van der Waals surface area contributed by atoms with Gasteiger partial charge in [0.05, 0.1) is 0 Å². The van der Waals surface area contributed by atoms with Crippen molar-refractivity contribution in [3.05, 3.63) is 126 Å². The van der Waals surface area contributed by atoms with Crippen molar-refractivity contribution in [3.63, 3.8) is 0 Å². The second kappa shape index (κ2) is 9.63. The van der Waals surface area contributed by atoms with E-state index in [2.05, 4.69) is 70.9 Å². The number of hydrogen-bond donors (Lipinski definition) is 0. The van der Waals surface area contributed by atoms with Gasteiger partial charge in [0.15, 0.2) is 0 Å². The minimum atomic E-state index is -3.53. The maximum atomic E-state index is 13.8. The molecule has 0 fully saturated rings. The number of rotatable bonds is 7. The number of aryl methyl sites for hydroxylation is 1. The van der Waals surface area contributed by atoms with Crippen molar-refractivity contribution in [2.75, 3.05) is 7.11 Å². The van der Waals surface area contributed by atoms with Crippen LogP contribution in [-0.2, 0) is 16.0 Å². The molecule has 0 N–H and O–H groups in total. The van der Waals surface area contributed by atoms with Gasteiger partial charge in [-0.05, 0) is 0 Å². The van der Waals surface area contributed by atoms with Crippen LogP contribution in [0.4, 0.5) is 0 Å². The Bertz CT molecular complexity index is 1130. The molecule has 0 heterocycles. The van der Waals surface area contributed by atoms with Gasteiger partial charge in [-0.1, -0.05) is 0 Å². The Labute approximate surface area is 204 Å². The molecule has 0 aliphatic carbocycles. The van der Waals surface area contributed by atoms with Crippen molar-refractivity contribution >= 4 is 42.7 Å². The zero-order chi connectivity index (χ0) is 23.3. The van der Waals surface area contributed by atoms with Crippen LogP contribution in [0, 0.1) is 6.92 Å². The van der Waals surface area contributed by atoms with Crippen LogP contribution in [0.15, 0.2) is 115 Å².